The lowest BCUT2D eigenvalue weighted by atomic mass is 9.82. The minimum atomic E-state index is -0.536. The lowest BCUT2D eigenvalue weighted by Gasteiger charge is -2.26. The van der Waals surface area contributed by atoms with Crippen LogP contribution < -0.4 is 5.73 Å². The van der Waals surface area contributed by atoms with Crippen molar-refractivity contribution in [2.75, 3.05) is 11.5 Å². The predicted molar refractivity (Wildman–Crippen MR) is 102 cm³/mol. The van der Waals surface area contributed by atoms with E-state index in [1.807, 2.05) is 12.3 Å². The second kappa shape index (κ2) is 6.43. The number of H-pyrrole nitrogens is 1. The van der Waals surface area contributed by atoms with Crippen LogP contribution in [0.1, 0.15) is 33.6 Å². The first-order chi connectivity index (χ1) is 11.5. The summed E-state index contributed by atoms with van der Waals surface area (Å²) < 4.78 is 0. The average molecular weight is 341 g/mol. The van der Waals surface area contributed by atoms with E-state index in [2.05, 4.69) is 59.6 Å². The molecule has 0 radical (unpaired) electrons. The monoisotopic (exact) mass is 341 g/mol. The van der Waals surface area contributed by atoms with Gasteiger partial charge in [-0.1, -0.05) is 0 Å². The molecule has 3 rings (SSSR count). The van der Waals surface area contributed by atoms with Crippen molar-refractivity contribution in [2.24, 2.45) is 4.99 Å². The summed E-state index contributed by atoms with van der Waals surface area (Å²) in [4.78, 5) is 9.04. The molecule has 3 N–H and O–H groups in total. The van der Waals surface area contributed by atoms with Gasteiger partial charge in [0, 0.05) is 18.3 Å². The van der Waals surface area contributed by atoms with Crippen molar-refractivity contribution < 1.29 is 0 Å². The summed E-state index contributed by atoms with van der Waals surface area (Å²) >= 11 is 4.40. The Morgan fingerprint density at radius 3 is 2.50 bits per heavy atom. The van der Waals surface area contributed by atoms with Crippen molar-refractivity contribution in [3.8, 4) is 0 Å². The fraction of sp³-hybridized carbons (Fsp3) is 0.389. The topological polar surface area (TPSA) is 80.0 Å². The van der Waals surface area contributed by atoms with Gasteiger partial charge in [0.1, 0.15) is 11.9 Å². The fourth-order valence-corrected chi connectivity index (χ4v) is 3.76. The number of nitrogens with zero attached hydrogens (tertiary/aromatic N) is 3. The number of allylic oxidation sites excluding steroid dienone is 1. The molecule has 2 aromatic rings. The largest absolute Gasteiger partial charge is 0.398 e. The number of nitrogens with two attached hydrogens (primary N) is 1. The zero-order valence-electron chi connectivity index (χ0n) is 14.3. The van der Waals surface area contributed by atoms with Gasteiger partial charge in [-0.2, -0.15) is 17.7 Å². The van der Waals surface area contributed by atoms with Gasteiger partial charge in [0.2, 0.25) is 0 Å². The highest BCUT2D eigenvalue weighted by Gasteiger charge is 2.35. The van der Waals surface area contributed by atoms with Gasteiger partial charge in [-0.25, -0.2) is 4.98 Å². The van der Waals surface area contributed by atoms with Gasteiger partial charge >= 0.3 is 0 Å². The van der Waals surface area contributed by atoms with Crippen molar-refractivity contribution in [2.45, 2.75) is 39.2 Å². The van der Waals surface area contributed by atoms with Crippen molar-refractivity contribution in [3.05, 3.63) is 52.1 Å². The summed E-state index contributed by atoms with van der Waals surface area (Å²) in [6.45, 7) is 6.35. The van der Waals surface area contributed by atoms with Gasteiger partial charge < -0.3 is 5.73 Å². The van der Waals surface area contributed by atoms with E-state index in [9.17, 15) is 0 Å². The van der Waals surface area contributed by atoms with Crippen LogP contribution in [0, 0.1) is 20.8 Å². The molecule has 0 amide bonds. The zero-order chi connectivity index (χ0) is 17.3. The van der Waals surface area contributed by atoms with E-state index in [0.29, 0.717) is 6.42 Å². The first-order valence-corrected chi connectivity index (χ1v) is 8.70. The van der Waals surface area contributed by atoms with Crippen LogP contribution >= 0.6 is 12.6 Å². The lowest BCUT2D eigenvalue weighted by molar-refractivity contribution is 0.532. The summed E-state index contributed by atoms with van der Waals surface area (Å²) in [5, 5.41) is 6.97. The molecule has 1 unspecified atom stereocenters. The van der Waals surface area contributed by atoms with Gasteiger partial charge in [0.25, 0.3) is 0 Å². The third kappa shape index (κ3) is 2.65. The summed E-state index contributed by atoms with van der Waals surface area (Å²) in [7, 11) is 0. The molecule has 1 aliphatic heterocycles. The van der Waals surface area contributed by atoms with Gasteiger partial charge in [-0.15, -0.1) is 0 Å². The Labute approximate surface area is 147 Å². The molecule has 0 aliphatic carbocycles. The fourth-order valence-electron chi connectivity index (χ4n) is 3.54. The molecule has 5 nitrogen and oxygen atoms in total. The Kier molecular flexibility index (Phi) is 4.49. The van der Waals surface area contributed by atoms with E-state index in [1.54, 1.807) is 0 Å². The highest BCUT2D eigenvalue weighted by Crippen LogP contribution is 2.37. The summed E-state index contributed by atoms with van der Waals surface area (Å²) in [5.74, 6) is 1.55. The molecule has 24 heavy (non-hydrogen) atoms. The van der Waals surface area contributed by atoms with Crippen LogP contribution in [0.25, 0.3) is 0 Å². The van der Waals surface area contributed by atoms with E-state index in [-0.39, 0.29) is 0 Å². The number of aromatic nitrogens is 3. The number of thiol groups is 1. The first kappa shape index (κ1) is 16.8. The number of aliphatic imine (C=N–C) groups is 1. The molecular weight excluding hydrogens is 318 g/mol. The number of nitrogen functional groups attached to an aromatic ring is 1. The Balaban J connectivity index is 2.13. The number of rotatable bonds is 5. The van der Waals surface area contributed by atoms with Gasteiger partial charge in [-0.3, -0.25) is 10.1 Å². The molecule has 1 aromatic heterocycles. The predicted octanol–water partition coefficient (Wildman–Crippen LogP) is 2.86. The third-order valence-corrected chi connectivity index (χ3v) is 5.24. The standard InChI is InChI=1S/C18H23N5S/c1-11-14(5-8-24)12(2)16(19)13(3)15(11)9-18(6-4-7-21-18)17-20-10-22-23-17/h4,6-7,10,24H,5,8-9,19H2,1-3H3,(H,20,22,23). The molecule has 6 heteroatoms. The lowest BCUT2D eigenvalue weighted by Crippen LogP contribution is -2.26. The smallest absolute Gasteiger partial charge is 0.156 e. The average Bonchev–Trinajstić information content (AvgIpc) is 3.26. The maximum Gasteiger partial charge on any atom is 0.156 e. The normalized spacial score (nSPS) is 19.3. The van der Waals surface area contributed by atoms with Crippen LogP contribution in [0.4, 0.5) is 5.69 Å². The number of aromatic amines is 1. The molecular formula is C18H23N5S. The highest BCUT2D eigenvalue weighted by atomic mass is 32.1. The van der Waals surface area contributed by atoms with Crippen molar-refractivity contribution >= 4 is 24.5 Å². The number of hydrogen-bond acceptors (Lipinski definition) is 5. The molecule has 0 fully saturated rings. The first-order valence-electron chi connectivity index (χ1n) is 8.07. The summed E-state index contributed by atoms with van der Waals surface area (Å²) in [6, 6.07) is 0. The maximum atomic E-state index is 6.40. The maximum absolute atomic E-state index is 6.40. The molecule has 0 saturated heterocycles. The van der Waals surface area contributed by atoms with E-state index in [0.717, 1.165) is 29.2 Å². The number of anilines is 1. The minimum Gasteiger partial charge on any atom is -0.398 e. The third-order valence-electron chi connectivity index (χ3n) is 5.01. The SMILES string of the molecule is Cc1c(N)c(C)c(CC2(c3ncn[nH]3)C=CC=N2)c(C)c1CCS. The number of benzene rings is 1. The van der Waals surface area contributed by atoms with E-state index in [1.165, 1.54) is 28.6 Å². The Hall–Kier alpha value is -2.08. The molecule has 0 spiro atoms. The Morgan fingerprint density at radius 2 is 1.92 bits per heavy atom. The van der Waals surface area contributed by atoms with E-state index >= 15 is 0 Å². The van der Waals surface area contributed by atoms with Gasteiger partial charge in [0.15, 0.2) is 5.82 Å². The Morgan fingerprint density at radius 1 is 1.17 bits per heavy atom. The molecule has 126 valence electrons. The zero-order valence-corrected chi connectivity index (χ0v) is 15.2. The van der Waals surface area contributed by atoms with Crippen LogP contribution in [-0.2, 0) is 18.4 Å². The Bertz CT molecular complexity index is 794. The second-order valence-corrected chi connectivity index (χ2v) is 6.74. The summed E-state index contributed by atoms with van der Waals surface area (Å²) in [5.41, 5.74) is 12.8. The molecule has 0 bridgehead atoms. The van der Waals surface area contributed by atoms with Crippen LogP contribution in [0.2, 0.25) is 0 Å². The van der Waals surface area contributed by atoms with Gasteiger partial charge in [-0.05, 0) is 72.9 Å². The van der Waals surface area contributed by atoms with E-state index < -0.39 is 5.54 Å². The molecule has 1 aromatic carbocycles. The minimum absolute atomic E-state index is 0.536. The van der Waals surface area contributed by atoms with Crippen LogP contribution in [-0.4, -0.2) is 27.1 Å². The quantitative estimate of drug-likeness (QED) is 0.578. The summed E-state index contributed by atoms with van der Waals surface area (Å²) in [6.07, 6.45) is 8.98. The number of nitrogens with one attached hydrogen (secondary N) is 1. The van der Waals surface area contributed by atoms with E-state index in [4.69, 9.17) is 5.73 Å². The van der Waals surface area contributed by atoms with Gasteiger partial charge in [0.05, 0.1) is 0 Å². The van der Waals surface area contributed by atoms with Crippen LogP contribution in [0.15, 0.2) is 23.5 Å². The molecule has 1 aliphatic rings. The second-order valence-electron chi connectivity index (χ2n) is 6.29. The van der Waals surface area contributed by atoms with Crippen LogP contribution in [0.3, 0.4) is 0 Å². The molecule has 1 atom stereocenters. The van der Waals surface area contributed by atoms with Crippen LogP contribution in [0.5, 0.6) is 0 Å². The number of hydrogen-bond donors (Lipinski definition) is 3. The molecule has 0 saturated carbocycles. The van der Waals surface area contributed by atoms with Crippen molar-refractivity contribution in [1.82, 2.24) is 15.2 Å². The van der Waals surface area contributed by atoms with Crippen molar-refractivity contribution in [1.29, 1.82) is 0 Å². The molecule has 2 heterocycles. The van der Waals surface area contributed by atoms with Crippen molar-refractivity contribution in [3.63, 3.8) is 0 Å². The highest BCUT2D eigenvalue weighted by molar-refractivity contribution is 7.80.